The topological polar surface area (TPSA) is 43.8 Å². The van der Waals surface area contributed by atoms with Gasteiger partial charge in [-0.1, -0.05) is 0 Å². The van der Waals surface area contributed by atoms with Gasteiger partial charge in [0.15, 0.2) is 0 Å². The molecule has 1 N–H and O–H groups in total. The molecule has 4 nitrogen and oxygen atoms in total. The minimum atomic E-state index is -0.183. The van der Waals surface area contributed by atoms with E-state index in [2.05, 4.69) is 16.3 Å². The molecule has 1 atom stereocenters. The number of aliphatic hydroxyl groups excluding tert-OH is 1. The molecule has 1 aromatic heterocycles. The van der Waals surface area contributed by atoms with Crippen LogP contribution in [-0.2, 0) is 17.8 Å². The molecule has 0 radical (unpaired) electrons. The zero-order valence-electron chi connectivity index (χ0n) is 11.9. The normalized spacial score (nSPS) is 22.6. The van der Waals surface area contributed by atoms with E-state index in [1.165, 1.54) is 10.4 Å². The second-order valence-corrected chi connectivity index (χ2v) is 6.82. The van der Waals surface area contributed by atoms with Gasteiger partial charge < -0.3 is 10.0 Å². The highest BCUT2D eigenvalue weighted by Crippen LogP contribution is 2.25. The van der Waals surface area contributed by atoms with Crippen molar-refractivity contribution in [3.05, 3.63) is 21.9 Å². The molecule has 1 unspecified atom stereocenters. The summed E-state index contributed by atoms with van der Waals surface area (Å²) in [5, 5.41) is 11.7. The number of carbonyl (C=O) groups excluding carboxylic acids is 1. The Kier molecular flexibility index (Phi) is 4.10. The second kappa shape index (κ2) is 5.84. The zero-order chi connectivity index (χ0) is 14.1. The summed E-state index contributed by atoms with van der Waals surface area (Å²) in [4.78, 5) is 18.3. The maximum absolute atomic E-state index is 12.6. The van der Waals surface area contributed by atoms with Crippen LogP contribution in [0.3, 0.4) is 0 Å². The molecule has 0 aromatic carbocycles. The first kappa shape index (κ1) is 14.0. The maximum Gasteiger partial charge on any atom is 0.239 e. The summed E-state index contributed by atoms with van der Waals surface area (Å²) in [6.45, 7) is 5.26. The summed E-state index contributed by atoms with van der Waals surface area (Å²) in [5.74, 6) is 0.234. The fourth-order valence-corrected chi connectivity index (χ4v) is 4.02. The van der Waals surface area contributed by atoms with Crippen molar-refractivity contribution in [1.29, 1.82) is 0 Å². The number of thiophene rings is 1. The lowest BCUT2D eigenvalue weighted by molar-refractivity contribution is -0.138. The van der Waals surface area contributed by atoms with E-state index in [9.17, 15) is 9.90 Å². The SMILES string of the molecule is CC(C(=O)N1CCc2sccc2C1)N1CCC(O)CC1. The number of hydrogen-bond donors (Lipinski definition) is 1. The number of nitrogens with zero attached hydrogens (tertiary/aromatic N) is 2. The molecule has 3 rings (SSSR count). The minimum absolute atomic E-state index is 0.0670. The standard InChI is InChI=1S/C15H22N2O2S/c1-11(16-6-2-13(18)3-7-16)15(19)17-8-4-14-12(10-17)5-9-20-14/h5,9,11,13,18H,2-4,6-8,10H2,1H3. The molecule has 20 heavy (non-hydrogen) atoms. The van der Waals surface area contributed by atoms with Crippen molar-refractivity contribution < 1.29 is 9.90 Å². The van der Waals surface area contributed by atoms with Crippen LogP contribution in [0.5, 0.6) is 0 Å². The highest BCUT2D eigenvalue weighted by molar-refractivity contribution is 7.10. The van der Waals surface area contributed by atoms with Crippen molar-refractivity contribution in [3.8, 4) is 0 Å². The van der Waals surface area contributed by atoms with E-state index in [1.54, 1.807) is 11.3 Å². The summed E-state index contributed by atoms with van der Waals surface area (Å²) >= 11 is 1.80. The van der Waals surface area contributed by atoms with Crippen LogP contribution in [0.1, 0.15) is 30.2 Å². The van der Waals surface area contributed by atoms with Gasteiger partial charge in [0.1, 0.15) is 0 Å². The Hall–Kier alpha value is -0.910. The summed E-state index contributed by atoms with van der Waals surface area (Å²) in [7, 11) is 0. The molecule has 2 aliphatic rings. The molecule has 1 amide bonds. The highest BCUT2D eigenvalue weighted by Gasteiger charge is 2.30. The lowest BCUT2D eigenvalue weighted by Gasteiger charge is -2.37. The first-order chi connectivity index (χ1) is 9.65. The van der Waals surface area contributed by atoms with Gasteiger partial charge >= 0.3 is 0 Å². The molecule has 0 spiro atoms. The largest absolute Gasteiger partial charge is 0.393 e. The molecule has 1 aromatic rings. The predicted molar refractivity (Wildman–Crippen MR) is 79.7 cm³/mol. The molecular weight excluding hydrogens is 272 g/mol. The Labute approximate surface area is 124 Å². The van der Waals surface area contributed by atoms with Gasteiger partial charge in [0, 0.05) is 31.1 Å². The number of rotatable bonds is 2. The van der Waals surface area contributed by atoms with Gasteiger partial charge in [-0.3, -0.25) is 9.69 Å². The van der Waals surface area contributed by atoms with Crippen molar-refractivity contribution in [2.24, 2.45) is 0 Å². The Morgan fingerprint density at radius 2 is 2.15 bits per heavy atom. The van der Waals surface area contributed by atoms with Crippen LogP contribution in [0.2, 0.25) is 0 Å². The van der Waals surface area contributed by atoms with Gasteiger partial charge in [-0.2, -0.15) is 0 Å². The minimum Gasteiger partial charge on any atom is -0.393 e. The number of piperidine rings is 1. The van der Waals surface area contributed by atoms with Crippen molar-refractivity contribution >= 4 is 17.2 Å². The lowest BCUT2D eigenvalue weighted by Crippen LogP contribution is -2.51. The van der Waals surface area contributed by atoms with Crippen molar-refractivity contribution in [3.63, 3.8) is 0 Å². The van der Waals surface area contributed by atoms with Crippen molar-refractivity contribution in [2.45, 2.75) is 44.9 Å². The van der Waals surface area contributed by atoms with Gasteiger partial charge in [-0.15, -0.1) is 11.3 Å². The summed E-state index contributed by atoms with van der Waals surface area (Å²) in [6, 6.07) is 2.07. The van der Waals surface area contributed by atoms with E-state index in [4.69, 9.17) is 0 Å². The van der Waals surface area contributed by atoms with E-state index >= 15 is 0 Å². The smallest absolute Gasteiger partial charge is 0.239 e. The third kappa shape index (κ3) is 2.75. The molecule has 3 heterocycles. The maximum atomic E-state index is 12.6. The van der Waals surface area contributed by atoms with Crippen LogP contribution in [-0.4, -0.2) is 52.6 Å². The van der Waals surface area contributed by atoms with Gasteiger partial charge in [0.2, 0.25) is 5.91 Å². The van der Waals surface area contributed by atoms with E-state index < -0.39 is 0 Å². The highest BCUT2D eigenvalue weighted by atomic mass is 32.1. The van der Waals surface area contributed by atoms with Crippen molar-refractivity contribution in [1.82, 2.24) is 9.80 Å². The molecule has 0 saturated carbocycles. The zero-order valence-corrected chi connectivity index (χ0v) is 12.7. The van der Waals surface area contributed by atoms with Gasteiger partial charge in [-0.25, -0.2) is 0 Å². The van der Waals surface area contributed by atoms with Crippen LogP contribution < -0.4 is 0 Å². The predicted octanol–water partition coefficient (Wildman–Crippen LogP) is 1.48. The quantitative estimate of drug-likeness (QED) is 0.898. The molecule has 0 aliphatic carbocycles. The van der Waals surface area contributed by atoms with Gasteiger partial charge in [0.25, 0.3) is 0 Å². The first-order valence-electron chi connectivity index (χ1n) is 7.41. The van der Waals surface area contributed by atoms with E-state index in [0.29, 0.717) is 0 Å². The van der Waals surface area contributed by atoms with Crippen LogP contribution in [0.4, 0.5) is 0 Å². The van der Waals surface area contributed by atoms with Crippen LogP contribution in [0, 0.1) is 0 Å². The van der Waals surface area contributed by atoms with Gasteiger partial charge in [0.05, 0.1) is 12.1 Å². The fraction of sp³-hybridized carbons (Fsp3) is 0.667. The number of hydrogen-bond acceptors (Lipinski definition) is 4. The number of likely N-dealkylation sites (tertiary alicyclic amines) is 1. The molecule has 2 aliphatic heterocycles. The monoisotopic (exact) mass is 294 g/mol. The Balaban J connectivity index is 1.61. The average Bonchev–Trinajstić information content (AvgIpc) is 2.94. The molecule has 0 bridgehead atoms. The average molecular weight is 294 g/mol. The summed E-state index contributed by atoms with van der Waals surface area (Å²) < 4.78 is 0. The lowest BCUT2D eigenvalue weighted by atomic mass is 10.0. The summed E-state index contributed by atoms with van der Waals surface area (Å²) in [5.41, 5.74) is 1.32. The third-order valence-corrected chi connectivity index (χ3v) is 5.55. The van der Waals surface area contributed by atoms with Gasteiger partial charge in [-0.05, 0) is 43.2 Å². The van der Waals surface area contributed by atoms with Crippen LogP contribution in [0.25, 0.3) is 0 Å². The van der Waals surface area contributed by atoms with Crippen molar-refractivity contribution in [2.75, 3.05) is 19.6 Å². The number of aliphatic hydroxyl groups is 1. The Morgan fingerprint density at radius 1 is 1.40 bits per heavy atom. The second-order valence-electron chi connectivity index (χ2n) is 5.82. The molecule has 1 saturated heterocycles. The summed E-state index contributed by atoms with van der Waals surface area (Å²) in [6.07, 6.45) is 2.37. The van der Waals surface area contributed by atoms with E-state index in [-0.39, 0.29) is 18.1 Å². The number of amides is 1. The Bertz CT molecular complexity index is 480. The first-order valence-corrected chi connectivity index (χ1v) is 8.29. The molecule has 110 valence electrons. The fourth-order valence-electron chi connectivity index (χ4n) is 3.13. The third-order valence-electron chi connectivity index (χ3n) is 4.52. The number of fused-ring (bicyclic) bond motifs is 1. The molecular formula is C15H22N2O2S. The Morgan fingerprint density at radius 3 is 2.90 bits per heavy atom. The molecule has 5 heteroatoms. The van der Waals surface area contributed by atoms with E-state index in [1.807, 2.05) is 11.8 Å². The molecule has 1 fully saturated rings. The number of carbonyl (C=O) groups is 1. The van der Waals surface area contributed by atoms with E-state index in [0.717, 1.165) is 45.4 Å². The van der Waals surface area contributed by atoms with Crippen LogP contribution in [0.15, 0.2) is 11.4 Å². The van der Waals surface area contributed by atoms with Crippen LogP contribution >= 0.6 is 11.3 Å².